The summed E-state index contributed by atoms with van der Waals surface area (Å²) >= 11 is 0. The number of ether oxygens (including phenoxy) is 1. The predicted octanol–water partition coefficient (Wildman–Crippen LogP) is 3.48. The van der Waals surface area contributed by atoms with Gasteiger partial charge in [-0.2, -0.15) is 0 Å². The van der Waals surface area contributed by atoms with Crippen LogP contribution in [-0.2, 0) is 4.79 Å². The van der Waals surface area contributed by atoms with Crippen LogP contribution in [-0.4, -0.2) is 25.0 Å². The van der Waals surface area contributed by atoms with Crippen molar-refractivity contribution in [2.24, 2.45) is 5.92 Å². The van der Waals surface area contributed by atoms with Crippen LogP contribution >= 0.6 is 0 Å². The van der Waals surface area contributed by atoms with Crippen LogP contribution in [0.15, 0.2) is 54.6 Å². The highest BCUT2D eigenvalue weighted by Crippen LogP contribution is 2.17. The molecular weight excluding hydrogens is 316 g/mol. The predicted molar refractivity (Wildman–Crippen MR) is 98.8 cm³/mol. The Labute approximate surface area is 148 Å². The minimum absolute atomic E-state index is 0.00547. The average molecular weight is 340 g/mol. The Morgan fingerprint density at radius 2 is 1.68 bits per heavy atom. The largest absolute Gasteiger partial charge is 0.497 e. The monoisotopic (exact) mass is 340 g/mol. The normalized spacial score (nSPS) is 12.8. The number of methoxy groups -OCH3 is 1. The molecule has 0 aliphatic heterocycles. The van der Waals surface area contributed by atoms with E-state index in [9.17, 15) is 9.59 Å². The first-order chi connectivity index (χ1) is 12.0. The Kier molecular flexibility index (Phi) is 6.57. The van der Waals surface area contributed by atoms with Gasteiger partial charge in [-0.05, 0) is 42.3 Å². The summed E-state index contributed by atoms with van der Waals surface area (Å²) in [7, 11) is 1.59. The minimum atomic E-state index is -0.611. The lowest BCUT2D eigenvalue weighted by Gasteiger charge is -2.23. The summed E-state index contributed by atoms with van der Waals surface area (Å²) in [6.45, 7) is 3.94. The lowest BCUT2D eigenvalue weighted by atomic mass is 9.97. The molecule has 0 spiro atoms. The first-order valence-electron chi connectivity index (χ1n) is 8.36. The Morgan fingerprint density at radius 3 is 2.24 bits per heavy atom. The van der Waals surface area contributed by atoms with E-state index in [2.05, 4.69) is 10.6 Å². The molecule has 0 radical (unpaired) electrons. The van der Waals surface area contributed by atoms with Gasteiger partial charge in [0.1, 0.15) is 11.8 Å². The topological polar surface area (TPSA) is 67.4 Å². The molecule has 132 valence electrons. The molecule has 0 saturated heterocycles. The van der Waals surface area contributed by atoms with Crippen LogP contribution in [0.1, 0.15) is 30.6 Å². The fourth-order valence-corrected chi connectivity index (χ4v) is 2.41. The van der Waals surface area contributed by atoms with Crippen molar-refractivity contribution < 1.29 is 14.3 Å². The van der Waals surface area contributed by atoms with Crippen LogP contribution < -0.4 is 15.4 Å². The van der Waals surface area contributed by atoms with Crippen molar-refractivity contribution in [1.82, 2.24) is 5.32 Å². The molecule has 0 aromatic heterocycles. The van der Waals surface area contributed by atoms with Crippen LogP contribution in [0.25, 0.3) is 0 Å². The molecule has 2 aromatic rings. The van der Waals surface area contributed by atoms with E-state index in [0.717, 1.165) is 6.42 Å². The quantitative estimate of drug-likeness (QED) is 0.811. The van der Waals surface area contributed by atoms with E-state index in [-0.39, 0.29) is 17.7 Å². The van der Waals surface area contributed by atoms with Crippen molar-refractivity contribution in [3.8, 4) is 5.75 Å². The van der Waals surface area contributed by atoms with Crippen molar-refractivity contribution in [3.63, 3.8) is 0 Å². The van der Waals surface area contributed by atoms with Crippen molar-refractivity contribution in [3.05, 3.63) is 60.2 Å². The molecular formula is C20H24N2O3. The molecule has 5 nitrogen and oxygen atoms in total. The third-order valence-corrected chi connectivity index (χ3v) is 4.18. The van der Waals surface area contributed by atoms with E-state index in [0.29, 0.717) is 17.0 Å². The van der Waals surface area contributed by atoms with Crippen molar-refractivity contribution in [1.29, 1.82) is 0 Å². The summed E-state index contributed by atoms with van der Waals surface area (Å²) in [5.41, 5.74) is 1.20. The third kappa shape index (κ3) is 5.08. The first kappa shape index (κ1) is 18.5. The molecule has 0 fully saturated rings. The molecule has 2 aromatic carbocycles. The van der Waals surface area contributed by atoms with Gasteiger partial charge < -0.3 is 15.4 Å². The van der Waals surface area contributed by atoms with Crippen molar-refractivity contribution in [2.75, 3.05) is 12.4 Å². The summed E-state index contributed by atoms with van der Waals surface area (Å²) in [4.78, 5) is 25.1. The van der Waals surface area contributed by atoms with E-state index in [4.69, 9.17) is 4.74 Å². The molecule has 0 unspecified atom stereocenters. The number of anilines is 1. The standard InChI is InChI=1S/C20H24N2O3/c1-4-14(2)18(22-19(23)15-8-6-5-7-9-15)20(24)21-16-10-12-17(25-3)13-11-16/h5-14,18H,4H2,1-3H3,(H,21,24)(H,22,23)/t14-,18-/m0/s1. The van der Waals surface area contributed by atoms with E-state index in [1.807, 2.05) is 19.9 Å². The summed E-state index contributed by atoms with van der Waals surface area (Å²) in [5, 5.41) is 5.71. The minimum Gasteiger partial charge on any atom is -0.497 e. The number of carbonyl (C=O) groups excluding carboxylic acids is 2. The zero-order valence-corrected chi connectivity index (χ0v) is 14.8. The fraction of sp³-hybridized carbons (Fsp3) is 0.300. The average Bonchev–Trinajstić information content (AvgIpc) is 2.66. The first-order valence-corrected chi connectivity index (χ1v) is 8.36. The Hall–Kier alpha value is -2.82. The number of benzene rings is 2. The van der Waals surface area contributed by atoms with E-state index in [1.165, 1.54) is 0 Å². The van der Waals surface area contributed by atoms with Gasteiger partial charge in [-0.25, -0.2) is 0 Å². The summed E-state index contributed by atoms with van der Waals surface area (Å²) in [5.74, 6) is 0.236. The van der Waals surface area contributed by atoms with Crippen LogP contribution in [0.3, 0.4) is 0 Å². The Balaban J connectivity index is 2.10. The highest BCUT2D eigenvalue weighted by molar-refractivity contribution is 6.01. The van der Waals surface area contributed by atoms with E-state index in [1.54, 1.807) is 55.6 Å². The molecule has 0 heterocycles. The lowest BCUT2D eigenvalue weighted by molar-refractivity contribution is -0.119. The maximum atomic E-state index is 12.7. The van der Waals surface area contributed by atoms with Gasteiger partial charge in [-0.1, -0.05) is 38.5 Å². The Bertz CT molecular complexity index is 699. The van der Waals surface area contributed by atoms with Gasteiger partial charge in [0, 0.05) is 11.3 Å². The van der Waals surface area contributed by atoms with Crippen LogP contribution in [0.4, 0.5) is 5.69 Å². The zero-order chi connectivity index (χ0) is 18.2. The maximum absolute atomic E-state index is 12.7. The fourth-order valence-electron chi connectivity index (χ4n) is 2.41. The molecule has 2 N–H and O–H groups in total. The summed E-state index contributed by atoms with van der Waals surface area (Å²) in [6, 6.07) is 15.4. The molecule has 25 heavy (non-hydrogen) atoms. The summed E-state index contributed by atoms with van der Waals surface area (Å²) in [6.07, 6.45) is 0.774. The SMILES string of the molecule is CC[C@H](C)[C@H](NC(=O)c1ccccc1)C(=O)Nc1ccc(OC)cc1. The molecule has 0 saturated carbocycles. The number of amides is 2. The number of hydrogen-bond donors (Lipinski definition) is 2. The molecule has 2 atom stereocenters. The van der Waals surface area contributed by atoms with E-state index < -0.39 is 6.04 Å². The molecule has 0 aliphatic carbocycles. The number of hydrogen-bond acceptors (Lipinski definition) is 3. The van der Waals surface area contributed by atoms with Gasteiger partial charge in [0.05, 0.1) is 7.11 Å². The van der Waals surface area contributed by atoms with Crippen molar-refractivity contribution >= 4 is 17.5 Å². The van der Waals surface area contributed by atoms with Gasteiger partial charge in [0.15, 0.2) is 0 Å². The number of rotatable bonds is 7. The second-order valence-corrected chi connectivity index (χ2v) is 5.92. The molecule has 0 bridgehead atoms. The highest BCUT2D eigenvalue weighted by atomic mass is 16.5. The van der Waals surface area contributed by atoms with Gasteiger partial charge in [-0.15, -0.1) is 0 Å². The van der Waals surface area contributed by atoms with Gasteiger partial charge >= 0.3 is 0 Å². The maximum Gasteiger partial charge on any atom is 0.251 e. The Morgan fingerprint density at radius 1 is 1.04 bits per heavy atom. The highest BCUT2D eigenvalue weighted by Gasteiger charge is 2.26. The van der Waals surface area contributed by atoms with Crippen LogP contribution in [0, 0.1) is 5.92 Å². The van der Waals surface area contributed by atoms with Crippen molar-refractivity contribution in [2.45, 2.75) is 26.3 Å². The van der Waals surface area contributed by atoms with E-state index >= 15 is 0 Å². The number of carbonyl (C=O) groups is 2. The summed E-state index contributed by atoms with van der Waals surface area (Å²) < 4.78 is 5.11. The van der Waals surface area contributed by atoms with Gasteiger partial charge in [-0.3, -0.25) is 9.59 Å². The molecule has 0 aliphatic rings. The van der Waals surface area contributed by atoms with Crippen LogP contribution in [0.5, 0.6) is 5.75 Å². The zero-order valence-electron chi connectivity index (χ0n) is 14.8. The second kappa shape index (κ2) is 8.87. The smallest absolute Gasteiger partial charge is 0.251 e. The second-order valence-electron chi connectivity index (χ2n) is 5.92. The van der Waals surface area contributed by atoms with Gasteiger partial charge in [0.25, 0.3) is 5.91 Å². The molecule has 2 amide bonds. The van der Waals surface area contributed by atoms with Crippen LogP contribution in [0.2, 0.25) is 0 Å². The lowest BCUT2D eigenvalue weighted by Crippen LogP contribution is -2.47. The molecule has 5 heteroatoms. The van der Waals surface area contributed by atoms with Gasteiger partial charge in [0.2, 0.25) is 5.91 Å². The molecule has 2 rings (SSSR count). The third-order valence-electron chi connectivity index (χ3n) is 4.18. The number of nitrogens with one attached hydrogen (secondary N) is 2.